The minimum atomic E-state index is -0.286. The third-order valence-corrected chi connectivity index (χ3v) is 0.879. The van der Waals surface area contributed by atoms with Gasteiger partial charge in [0, 0.05) is 0 Å². The molecule has 0 aliphatic rings. The predicted molar refractivity (Wildman–Crippen MR) is 34.7 cm³/mol. The first-order chi connectivity index (χ1) is 4.31. The van der Waals surface area contributed by atoms with Crippen LogP contribution in [0.15, 0.2) is 12.7 Å². The van der Waals surface area contributed by atoms with E-state index < -0.39 is 0 Å². The van der Waals surface area contributed by atoms with E-state index in [1.807, 2.05) is 0 Å². The van der Waals surface area contributed by atoms with Crippen LogP contribution in [0, 0.1) is 5.63 Å². The zero-order valence-corrected chi connectivity index (χ0v) is 5.65. The summed E-state index contributed by atoms with van der Waals surface area (Å²) in [5, 5.41) is 2.36. The van der Waals surface area contributed by atoms with Crippen molar-refractivity contribution in [3.63, 3.8) is 0 Å². The maximum atomic E-state index is 10.3. The minimum absolute atomic E-state index is 0.190. The van der Waals surface area contributed by atoms with Crippen molar-refractivity contribution >= 4 is 13.8 Å². The van der Waals surface area contributed by atoms with Crippen LogP contribution >= 0.6 is 7.92 Å². The maximum absolute atomic E-state index is 10.3. The monoisotopic (exact) mass is 143 g/mol. The van der Waals surface area contributed by atoms with E-state index in [9.17, 15) is 9.36 Å². The molecule has 1 N–H and O–H groups in total. The summed E-state index contributed by atoms with van der Waals surface area (Å²) < 4.78 is 9.68. The quantitative estimate of drug-likeness (QED) is 0.453. The van der Waals surface area contributed by atoms with E-state index in [-0.39, 0.29) is 20.4 Å². The van der Waals surface area contributed by atoms with Crippen LogP contribution in [-0.4, -0.2) is 12.5 Å². The fourth-order valence-corrected chi connectivity index (χ4v) is 0.375. The Balaban J connectivity index is 3.46. The second kappa shape index (κ2) is 5.36. The van der Waals surface area contributed by atoms with Crippen LogP contribution in [0.2, 0.25) is 0 Å². The van der Waals surface area contributed by atoms with Gasteiger partial charge < -0.3 is 0 Å². The standard InChI is InChI=1S/C5H6NO2P/c1-2-5(7)6-3-4-9-8/h2H,1,3H2,(H,6,7). The molecule has 48 valence electrons. The molecule has 0 aromatic heterocycles. The number of hydrogen-bond donors (Lipinski definition) is 1. The first-order valence-corrected chi connectivity index (χ1v) is 3.08. The number of hydrogen-bond acceptors (Lipinski definition) is 2. The van der Waals surface area contributed by atoms with Gasteiger partial charge in [0.25, 0.3) is 0 Å². The Kier molecular flexibility index (Phi) is 4.89. The van der Waals surface area contributed by atoms with Gasteiger partial charge in [-0.25, -0.2) is 0 Å². The molecule has 0 saturated heterocycles. The van der Waals surface area contributed by atoms with Gasteiger partial charge in [0.15, 0.2) is 0 Å². The van der Waals surface area contributed by atoms with Gasteiger partial charge in [0.1, 0.15) is 0 Å². The Hall–Kier alpha value is -0.780. The van der Waals surface area contributed by atoms with Crippen LogP contribution in [-0.2, 0) is 9.36 Å². The van der Waals surface area contributed by atoms with Gasteiger partial charge in [-0.2, -0.15) is 0 Å². The Labute approximate surface area is 54.3 Å². The van der Waals surface area contributed by atoms with Crippen molar-refractivity contribution in [2.24, 2.45) is 0 Å². The molecule has 0 heterocycles. The fourth-order valence-electron chi connectivity index (χ4n) is 0.231. The summed E-state index contributed by atoms with van der Waals surface area (Å²) in [6, 6.07) is 0. The van der Waals surface area contributed by atoms with Gasteiger partial charge in [-0.3, -0.25) is 0 Å². The topological polar surface area (TPSA) is 46.2 Å². The third-order valence-electron chi connectivity index (χ3n) is 0.592. The van der Waals surface area contributed by atoms with Crippen molar-refractivity contribution in [2.75, 3.05) is 6.54 Å². The van der Waals surface area contributed by atoms with Crippen LogP contribution in [0.1, 0.15) is 0 Å². The molecule has 4 heteroatoms. The van der Waals surface area contributed by atoms with Gasteiger partial charge in [-0.15, -0.1) is 0 Å². The van der Waals surface area contributed by atoms with Crippen molar-refractivity contribution in [3.05, 3.63) is 12.7 Å². The summed E-state index contributed by atoms with van der Waals surface area (Å²) in [4.78, 5) is 10.3. The van der Waals surface area contributed by atoms with Crippen LogP contribution in [0.25, 0.3) is 0 Å². The predicted octanol–water partition coefficient (Wildman–Crippen LogP) is 0.539. The Morgan fingerprint density at radius 3 is 3.00 bits per heavy atom. The van der Waals surface area contributed by atoms with E-state index in [0.29, 0.717) is 0 Å². The normalized spacial score (nSPS) is 7.11. The number of amides is 1. The Morgan fingerprint density at radius 2 is 2.56 bits per heavy atom. The summed E-state index contributed by atoms with van der Waals surface area (Å²) in [7, 11) is -0.193. The van der Waals surface area contributed by atoms with Gasteiger partial charge in [-0.05, 0) is 0 Å². The number of rotatable bonds is 2. The fraction of sp³-hybridized carbons (Fsp3) is 0.200. The van der Waals surface area contributed by atoms with Crippen LogP contribution in [0.4, 0.5) is 0 Å². The molecule has 0 aliphatic carbocycles. The molecule has 1 amide bonds. The molecule has 0 radical (unpaired) electrons. The van der Waals surface area contributed by atoms with Crippen LogP contribution in [0.5, 0.6) is 0 Å². The summed E-state index contributed by atoms with van der Waals surface area (Å²) in [5.74, 6) is -0.286. The summed E-state index contributed by atoms with van der Waals surface area (Å²) in [6.07, 6.45) is 1.14. The molecule has 0 saturated carbocycles. The molecular weight excluding hydrogens is 137 g/mol. The molecule has 0 atom stereocenters. The SMILES string of the molecule is C=CC(=O)NCC#P=O. The van der Waals surface area contributed by atoms with Crippen molar-refractivity contribution in [2.45, 2.75) is 0 Å². The summed E-state index contributed by atoms with van der Waals surface area (Å²) >= 11 is 0. The van der Waals surface area contributed by atoms with E-state index in [2.05, 4.69) is 17.5 Å². The molecule has 9 heavy (non-hydrogen) atoms. The second-order valence-corrected chi connectivity index (χ2v) is 1.67. The zero-order chi connectivity index (χ0) is 7.11. The van der Waals surface area contributed by atoms with E-state index in [0.717, 1.165) is 6.08 Å². The Bertz CT molecular complexity index is 204. The van der Waals surface area contributed by atoms with Crippen LogP contribution < -0.4 is 5.32 Å². The Morgan fingerprint density at radius 1 is 1.89 bits per heavy atom. The van der Waals surface area contributed by atoms with Crippen molar-refractivity contribution < 1.29 is 9.36 Å². The molecule has 0 bridgehead atoms. The molecule has 0 aliphatic heterocycles. The van der Waals surface area contributed by atoms with Gasteiger partial charge >= 0.3 is 53.3 Å². The molecule has 0 aromatic carbocycles. The third kappa shape index (κ3) is 5.09. The van der Waals surface area contributed by atoms with Crippen LogP contribution in [0.3, 0.4) is 0 Å². The molecule has 0 fully saturated rings. The summed E-state index contributed by atoms with van der Waals surface area (Å²) in [5.41, 5.74) is 2.35. The molecule has 0 spiro atoms. The van der Waals surface area contributed by atoms with Gasteiger partial charge in [0.05, 0.1) is 0 Å². The number of nitrogens with one attached hydrogen (secondary N) is 1. The van der Waals surface area contributed by atoms with E-state index in [4.69, 9.17) is 0 Å². The van der Waals surface area contributed by atoms with Crippen molar-refractivity contribution in [1.29, 1.82) is 0 Å². The zero-order valence-electron chi connectivity index (χ0n) is 4.76. The summed E-state index contributed by atoms with van der Waals surface area (Å²) in [6.45, 7) is 3.41. The molecular formula is C5H6NO2P. The van der Waals surface area contributed by atoms with E-state index >= 15 is 0 Å². The molecule has 3 nitrogen and oxygen atoms in total. The first kappa shape index (κ1) is 8.22. The van der Waals surface area contributed by atoms with Gasteiger partial charge in [0.2, 0.25) is 0 Å². The average Bonchev–Trinajstić information content (AvgIpc) is 1.89. The van der Waals surface area contributed by atoms with Crippen molar-refractivity contribution in [1.82, 2.24) is 5.32 Å². The molecule has 0 unspecified atom stereocenters. The average molecular weight is 143 g/mol. The first-order valence-electron chi connectivity index (χ1n) is 2.26. The van der Waals surface area contributed by atoms with E-state index in [1.165, 1.54) is 0 Å². The second-order valence-electron chi connectivity index (χ2n) is 1.17. The molecule has 0 rings (SSSR count). The molecule has 0 aromatic rings. The van der Waals surface area contributed by atoms with E-state index in [1.54, 1.807) is 0 Å². The van der Waals surface area contributed by atoms with Crippen molar-refractivity contribution in [3.8, 4) is 5.63 Å². The van der Waals surface area contributed by atoms with Gasteiger partial charge in [-0.1, -0.05) is 0 Å². The number of carbonyl (C=O) groups is 1. The number of carbonyl (C=O) groups excluding carboxylic acids is 1.